The van der Waals surface area contributed by atoms with E-state index in [1.807, 2.05) is 46.7 Å². The van der Waals surface area contributed by atoms with Crippen LogP contribution in [-0.4, -0.2) is 55.0 Å². The molecule has 1 N–H and O–H groups in total. The van der Waals surface area contributed by atoms with Gasteiger partial charge in [0.05, 0.1) is 5.69 Å². The molecule has 1 saturated heterocycles. The van der Waals surface area contributed by atoms with E-state index in [-0.39, 0.29) is 5.91 Å². The largest absolute Gasteiger partial charge is 0.339 e. The first kappa shape index (κ1) is 21.3. The first-order chi connectivity index (χ1) is 16.2. The summed E-state index contributed by atoms with van der Waals surface area (Å²) in [6.07, 6.45) is 9.26. The average Bonchev–Trinajstić information content (AvgIpc) is 3.48. The number of amides is 1. The number of likely N-dealkylation sites (tertiary alicyclic amines) is 1. The minimum atomic E-state index is 0.0209. The van der Waals surface area contributed by atoms with Crippen molar-refractivity contribution < 1.29 is 9.32 Å². The zero-order chi connectivity index (χ0) is 22.6. The number of rotatable bonds is 7. The van der Waals surface area contributed by atoms with Gasteiger partial charge in [-0.3, -0.25) is 9.78 Å². The lowest BCUT2D eigenvalue weighted by molar-refractivity contribution is 0.0717. The molecule has 4 aromatic heterocycles. The topological polar surface area (TPSA) is 101 Å². The lowest BCUT2D eigenvalue weighted by Crippen LogP contribution is -2.36. The lowest BCUT2D eigenvalue weighted by atomic mass is 10.1. The summed E-state index contributed by atoms with van der Waals surface area (Å²) < 4.78 is 7.40. The van der Waals surface area contributed by atoms with E-state index in [0.29, 0.717) is 36.9 Å². The predicted molar refractivity (Wildman–Crippen MR) is 123 cm³/mol. The zero-order valence-corrected chi connectivity index (χ0v) is 18.7. The molecule has 170 valence electrons. The van der Waals surface area contributed by atoms with Crippen molar-refractivity contribution in [2.75, 3.05) is 19.6 Å². The number of piperidine rings is 1. The van der Waals surface area contributed by atoms with Gasteiger partial charge in [0.15, 0.2) is 5.69 Å². The Labute approximate surface area is 191 Å². The number of imidazole rings is 1. The Morgan fingerprint density at radius 3 is 2.85 bits per heavy atom. The maximum absolute atomic E-state index is 13.3. The van der Waals surface area contributed by atoms with E-state index < -0.39 is 0 Å². The molecular formula is C24H27N7O2. The summed E-state index contributed by atoms with van der Waals surface area (Å²) in [5, 5.41) is 7.46. The normalized spacial score (nSPS) is 14.2. The fourth-order valence-corrected chi connectivity index (χ4v) is 4.21. The van der Waals surface area contributed by atoms with Crippen LogP contribution >= 0.6 is 0 Å². The van der Waals surface area contributed by atoms with Crippen LogP contribution in [0.3, 0.4) is 0 Å². The molecule has 1 aliphatic heterocycles. The quantitative estimate of drug-likeness (QED) is 0.436. The number of aryl methyl sites for hydroxylation is 1. The van der Waals surface area contributed by atoms with Crippen molar-refractivity contribution in [3.05, 3.63) is 65.7 Å². The number of pyridine rings is 2. The highest BCUT2D eigenvalue weighted by atomic mass is 16.5. The molecule has 1 aliphatic rings. The average molecular weight is 446 g/mol. The van der Waals surface area contributed by atoms with Crippen LogP contribution in [-0.2, 0) is 13.0 Å². The minimum Gasteiger partial charge on any atom is -0.339 e. The maximum Gasteiger partial charge on any atom is 0.274 e. The Morgan fingerprint density at radius 1 is 1.15 bits per heavy atom. The molecule has 0 bridgehead atoms. The number of carbonyl (C=O) groups excluding carboxylic acids is 1. The van der Waals surface area contributed by atoms with E-state index in [1.54, 1.807) is 12.4 Å². The number of aromatic nitrogens is 5. The number of hydrogen-bond donors (Lipinski definition) is 1. The third kappa shape index (κ3) is 4.49. The smallest absolute Gasteiger partial charge is 0.274 e. The number of nitrogens with zero attached hydrogens (tertiary/aromatic N) is 6. The van der Waals surface area contributed by atoms with Crippen LogP contribution in [0.15, 0.2) is 47.4 Å². The summed E-state index contributed by atoms with van der Waals surface area (Å²) in [5.41, 5.74) is 4.11. The molecule has 0 spiro atoms. The number of hydrogen-bond acceptors (Lipinski definition) is 7. The molecule has 5 rings (SSSR count). The summed E-state index contributed by atoms with van der Waals surface area (Å²) in [4.78, 5) is 28.5. The fraction of sp³-hybridized carbons (Fsp3) is 0.375. The molecule has 0 saturated carbocycles. The molecule has 33 heavy (non-hydrogen) atoms. The Hall–Kier alpha value is -3.59. The highest BCUT2D eigenvalue weighted by Gasteiger charge is 2.25. The van der Waals surface area contributed by atoms with Gasteiger partial charge in [0.25, 0.3) is 5.91 Å². The Bertz CT molecular complexity index is 1240. The van der Waals surface area contributed by atoms with Crippen LogP contribution in [0.5, 0.6) is 0 Å². The van der Waals surface area contributed by atoms with Crippen LogP contribution in [0.1, 0.15) is 46.9 Å². The first-order valence-electron chi connectivity index (χ1n) is 11.4. The Kier molecular flexibility index (Phi) is 6.12. The molecule has 9 nitrogen and oxygen atoms in total. The molecule has 9 heteroatoms. The first-order valence-corrected chi connectivity index (χ1v) is 11.4. The van der Waals surface area contributed by atoms with Gasteiger partial charge in [0.2, 0.25) is 11.7 Å². The molecule has 0 aliphatic carbocycles. The Morgan fingerprint density at radius 2 is 2.03 bits per heavy atom. The summed E-state index contributed by atoms with van der Waals surface area (Å²) in [6, 6.07) is 7.74. The molecule has 5 heterocycles. The monoisotopic (exact) mass is 445 g/mol. The second-order valence-corrected chi connectivity index (χ2v) is 8.32. The van der Waals surface area contributed by atoms with Crippen LogP contribution in [0, 0.1) is 6.92 Å². The highest BCUT2D eigenvalue weighted by Crippen LogP contribution is 2.20. The zero-order valence-electron chi connectivity index (χ0n) is 18.7. The van der Waals surface area contributed by atoms with Crippen molar-refractivity contribution in [2.24, 2.45) is 0 Å². The third-order valence-electron chi connectivity index (χ3n) is 5.99. The van der Waals surface area contributed by atoms with Crippen molar-refractivity contribution in [2.45, 2.75) is 39.2 Å². The van der Waals surface area contributed by atoms with E-state index in [2.05, 4.69) is 20.4 Å². The van der Waals surface area contributed by atoms with E-state index in [9.17, 15) is 4.79 Å². The van der Waals surface area contributed by atoms with Gasteiger partial charge in [-0.1, -0.05) is 11.2 Å². The van der Waals surface area contributed by atoms with E-state index >= 15 is 0 Å². The van der Waals surface area contributed by atoms with Gasteiger partial charge in [-0.15, -0.1) is 0 Å². The second-order valence-electron chi connectivity index (χ2n) is 8.32. The van der Waals surface area contributed by atoms with Crippen LogP contribution in [0.2, 0.25) is 0 Å². The number of carbonyl (C=O) groups is 1. The standard InChI is InChI=1S/C24H27N7O2/c1-17-7-6-14-31-19(21(28-23(17)31)24(32)30-12-3-2-4-13-30)16-26-11-9-20-27-22(29-33-20)18-8-5-10-25-15-18/h5-8,10,14-15,26H,2-4,9,11-13,16H2,1H3. The molecule has 0 radical (unpaired) electrons. The summed E-state index contributed by atoms with van der Waals surface area (Å²) in [6.45, 7) is 4.77. The second kappa shape index (κ2) is 9.50. The summed E-state index contributed by atoms with van der Waals surface area (Å²) >= 11 is 0. The summed E-state index contributed by atoms with van der Waals surface area (Å²) in [5.74, 6) is 1.11. The molecule has 1 fully saturated rings. The predicted octanol–water partition coefficient (Wildman–Crippen LogP) is 3.05. The SMILES string of the molecule is Cc1cccn2c(CNCCc3nc(-c4cccnc4)no3)c(C(=O)N3CCCCC3)nc12. The van der Waals surface area contributed by atoms with Crippen molar-refractivity contribution in [3.8, 4) is 11.4 Å². The van der Waals surface area contributed by atoms with Crippen molar-refractivity contribution >= 4 is 11.6 Å². The molecule has 0 unspecified atom stereocenters. The number of fused-ring (bicyclic) bond motifs is 1. The fourth-order valence-electron chi connectivity index (χ4n) is 4.21. The van der Waals surface area contributed by atoms with Crippen LogP contribution in [0.25, 0.3) is 17.0 Å². The summed E-state index contributed by atoms with van der Waals surface area (Å²) in [7, 11) is 0. The van der Waals surface area contributed by atoms with Gasteiger partial charge < -0.3 is 19.1 Å². The highest BCUT2D eigenvalue weighted by molar-refractivity contribution is 5.94. The van der Waals surface area contributed by atoms with Crippen LogP contribution < -0.4 is 5.32 Å². The maximum atomic E-state index is 13.3. The molecule has 4 aromatic rings. The van der Waals surface area contributed by atoms with Crippen molar-refractivity contribution in [1.29, 1.82) is 0 Å². The molecule has 1 amide bonds. The van der Waals surface area contributed by atoms with Crippen molar-refractivity contribution in [1.82, 2.24) is 34.7 Å². The van der Waals surface area contributed by atoms with Gasteiger partial charge in [0.1, 0.15) is 5.65 Å². The van der Waals surface area contributed by atoms with Gasteiger partial charge in [-0.25, -0.2) is 4.98 Å². The van der Waals surface area contributed by atoms with Crippen LogP contribution in [0.4, 0.5) is 0 Å². The van der Waals surface area contributed by atoms with Gasteiger partial charge in [0, 0.05) is 56.8 Å². The third-order valence-corrected chi connectivity index (χ3v) is 5.99. The number of nitrogens with one attached hydrogen (secondary N) is 1. The van der Waals surface area contributed by atoms with Gasteiger partial charge >= 0.3 is 0 Å². The molecule has 0 aromatic carbocycles. The van der Waals surface area contributed by atoms with Crippen molar-refractivity contribution in [3.63, 3.8) is 0 Å². The van der Waals surface area contributed by atoms with Gasteiger partial charge in [-0.2, -0.15) is 4.98 Å². The minimum absolute atomic E-state index is 0.0209. The van der Waals surface area contributed by atoms with Gasteiger partial charge in [-0.05, 0) is 49.9 Å². The molecular weight excluding hydrogens is 418 g/mol. The Balaban J connectivity index is 1.29. The van der Waals surface area contributed by atoms with E-state index in [0.717, 1.165) is 48.4 Å². The van der Waals surface area contributed by atoms with E-state index in [4.69, 9.17) is 9.51 Å². The van der Waals surface area contributed by atoms with E-state index in [1.165, 1.54) is 6.42 Å². The lowest BCUT2D eigenvalue weighted by Gasteiger charge is -2.26. The molecule has 0 atom stereocenters.